The van der Waals surface area contributed by atoms with Gasteiger partial charge in [-0.15, -0.1) is 0 Å². The first-order valence-corrected chi connectivity index (χ1v) is 14.8. The van der Waals surface area contributed by atoms with Crippen molar-refractivity contribution >= 4 is 5.97 Å². The largest absolute Gasteiger partial charge is 0.462 e. The third-order valence-corrected chi connectivity index (χ3v) is 13.0. The predicted molar refractivity (Wildman–Crippen MR) is 144 cm³/mol. The summed E-state index contributed by atoms with van der Waals surface area (Å²) in [5.41, 5.74) is 5.18. The third kappa shape index (κ3) is 3.71. The van der Waals surface area contributed by atoms with Crippen molar-refractivity contribution in [2.24, 2.45) is 39.4 Å². The Balaban J connectivity index is 1.40. The van der Waals surface area contributed by atoms with Gasteiger partial charge in [-0.2, -0.15) is 0 Å². The highest BCUT2D eigenvalue weighted by atomic mass is 16.5. The fourth-order valence-corrected chi connectivity index (χ4v) is 10.5. The van der Waals surface area contributed by atoms with Crippen LogP contribution in [-0.4, -0.2) is 23.7 Å². The standard InChI is InChI=1S/C32H53NO2/c1-20(10-13-26-29(5,6)33-26)22-14-18-32(9)24-11-12-25-28(3,4)27(35-21(2)34)16-17-30(25,7)23(24)15-19-31(22,32)8/h20,22,25-27,33H,10-19H2,1-9H3/t20-,22-,25-,26+,27-,30-,31-,32+/m1/s1. The van der Waals surface area contributed by atoms with Crippen LogP contribution < -0.4 is 5.32 Å². The molecule has 3 fully saturated rings. The van der Waals surface area contributed by atoms with Gasteiger partial charge in [0.2, 0.25) is 0 Å². The van der Waals surface area contributed by atoms with Gasteiger partial charge in [0, 0.05) is 23.9 Å². The van der Waals surface area contributed by atoms with Gasteiger partial charge in [0.25, 0.3) is 0 Å². The van der Waals surface area contributed by atoms with E-state index in [1.807, 2.05) is 11.1 Å². The Morgan fingerprint density at radius 3 is 2.29 bits per heavy atom. The first-order valence-electron chi connectivity index (χ1n) is 14.8. The number of ether oxygens (including phenoxy) is 1. The summed E-state index contributed by atoms with van der Waals surface area (Å²) >= 11 is 0. The molecule has 0 aromatic rings. The fourth-order valence-electron chi connectivity index (χ4n) is 10.5. The second-order valence-corrected chi connectivity index (χ2v) is 15.3. The lowest BCUT2D eigenvalue weighted by atomic mass is 9.43. The molecule has 198 valence electrons. The molecule has 8 atom stereocenters. The van der Waals surface area contributed by atoms with Gasteiger partial charge in [-0.05, 0) is 112 Å². The van der Waals surface area contributed by atoms with E-state index < -0.39 is 0 Å². The zero-order valence-corrected chi connectivity index (χ0v) is 24.3. The van der Waals surface area contributed by atoms with E-state index in [1.54, 1.807) is 6.92 Å². The molecule has 0 aromatic carbocycles. The maximum atomic E-state index is 11.8. The summed E-state index contributed by atoms with van der Waals surface area (Å²) < 4.78 is 5.88. The number of fused-ring (bicyclic) bond motifs is 4. The van der Waals surface area contributed by atoms with Crippen LogP contribution in [0.5, 0.6) is 0 Å². The van der Waals surface area contributed by atoms with E-state index in [0.717, 1.165) is 24.3 Å². The van der Waals surface area contributed by atoms with Crippen LogP contribution in [0.4, 0.5) is 0 Å². The van der Waals surface area contributed by atoms with Crippen molar-refractivity contribution in [1.82, 2.24) is 5.32 Å². The van der Waals surface area contributed by atoms with Crippen molar-refractivity contribution in [3.8, 4) is 0 Å². The van der Waals surface area contributed by atoms with Gasteiger partial charge in [0.15, 0.2) is 0 Å². The number of hydrogen-bond acceptors (Lipinski definition) is 3. The third-order valence-electron chi connectivity index (χ3n) is 13.0. The minimum atomic E-state index is -0.115. The van der Waals surface area contributed by atoms with E-state index in [1.165, 1.54) is 57.8 Å². The van der Waals surface area contributed by atoms with Gasteiger partial charge in [0.05, 0.1) is 0 Å². The van der Waals surface area contributed by atoms with Gasteiger partial charge >= 0.3 is 5.97 Å². The smallest absolute Gasteiger partial charge is 0.302 e. The van der Waals surface area contributed by atoms with Crippen molar-refractivity contribution in [3.05, 3.63) is 11.1 Å². The Morgan fingerprint density at radius 1 is 0.971 bits per heavy atom. The van der Waals surface area contributed by atoms with Crippen LogP contribution in [0, 0.1) is 39.4 Å². The normalized spacial score (nSPS) is 46.3. The summed E-state index contributed by atoms with van der Waals surface area (Å²) in [6, 6.07) is 0.729. The monoisotopic (exact) mass is 483 g/mol. The van der Waals surface area contributed by atoms with E-state index in [2.05, 4.69) is 60.7 Å². The van der Waals surface area contributed by atoms with Gasteiger partial charge in [-0.25, -0.2) is 0 Å². The number of carbonyl (C=O) groups excluding carboxylic acids is 1. The van der Waals surface area contributed by atoms with Crippen molar-refractivity contribution < 1.29 is 9.53 Å². The average molecular weight is 484 g/mol. The number of nitrogens with one attached hydrogen (secondary N) is 1. The van der Waals surface area contributed by atoms with Crippen LogP contribution in [-0.2, 0) is 9.53 Å². The first-order chi connectivity index (χ1) is 16.2. The van der Waals surface area contributed by atoms with Gasteiger partial charge < -0.3 is 10.1 Å². The Morgan fingerprint density at radius 2 is 1.66 bits per heavy atom. The highest BCUT2D eigenvalue weighted by Crippen LogP contribution is 2.72. The Kier molecular flexibility index (Phi) is 5.96. The lowest BCUT2D eigenvalue weighted by Crippen LogP contribution is -2.55. The van der Waals surface area contributed by atoms with E-state index in [9.17, 15) is 4.79 Å². The van der Waals surface area contributed by atoms with Crippen molar-refractivity contribution in [2.75, 3.05) is 0 Å². The number of rotatable bonds is 5. The molecule has 35 heavy (non-hydrogen) atoms. The van der Waals surface area contributed by atoms with E-state index in [-0.39, 0.29) is 22.9 Å². The molecular weight excluding hydrogens is 430 g/mol. The molecule has 1 N–H and O–H groups in total. The molecule has 2 saturated carbocycles. The topological polar surface area (TPSA) is 48.2 Å². The summed E-state index contributed by atoms with van der Waals surface area (Å²) in [6.45, 7) is 21.5. The van der Waals surface area contributed by atoms with E-state index in [4.69, 9.17) is 4.74 Å². The lowest BCUT2D eigenvalue weighted by molar-refractivity contribution is -0.167. The zero-order valence-electron chi connectivity index (χ0n) is 24.3. The summed E-state index contributed by atoms with van der Waals surface area (Å²) in [4.78, 5) is 11.8. The Hall–Kier alpha value is -0.830. The van der Waals surface area contributed by atoms with Gasteiger partial charge in [-0.3, -0.25) is 4.79 Å². The zero-order chi connectivity index (χ0) is 25.6. The number of esters is 1. The number of allylic oxidation sites excluding steroid dienone is 2. The molecule has 0 unspecified atom stereocenters. The molecular formula is C32H53NO2. The highest BCUT2D eigenvalue weighted by Gasteiger charge is 2.63. The minimum absolute atomic E-state index is 0.0379. The summed E-state index contributed by atoms with van der Waals surface area (Å²) in [7, 11) is 0. The fraction of sp³-hybridized carbons (Fsp3) is 0.906. The Labute approximate surface area is 215 Å². The maximum Gasteiger partial charge on any atom is 0.302 e. The molecule has 0 bridgehead atoms. The SMILES string of the molecule is CC(=O)O[C@@H]1CC[C@]2(C)C3=C(CC[C@@H]2C1(C)C)[C@]1(C)CC[C@H]([C@H](C)CC[C@@H]2NC2(C)C)[C@@]1(C)CC3. The second-order valence-electron chi connectivity index (χ2n) is 15.3. The summed E-state index contributed by atoms with van der Waals surface area (Å²) in [5.74, 6) is 2.15. The van der Waals surface area contributed by atoms with Gasteiger partial charge in [-0.1, -0.05) is 52.7 Å². The molecule has 3 heteroatoms. The molecule has 0 spiro atoms. The molecule has 5 rings (SSSR count). The lowest BCUT2D eigenvalue weighted by Gasteiger charge is -2.62. The van der Waals surface area contributed by atoms with E-state index in [0.29, 0.717) is 22.3 Å². The van der Waals surface area contributed by atoms with Crippen LogP contribution in [0.25, 0.3) is 0 Å². The number of carbonyl (C=O) groups is 1. The Bertz CT molecular complexity index is 917. The molecule has 1 saturated heterocycles. The highest BCUT2D eigenvalue weighted by molar-refractivity contribution is 5.66. The molecule has 1 aliphatic heterocycles. The van der Waals surface area contributed by atoms with Crippen molar-refractivity contribution in [3.63, 3.8) is 0 Å². The molecule has 1 heterocycles. The molecule has 4 aliphatic carbocycles. The van der Waals surface area contributed by atoms with Crippen molar-refractivity contribution in [1.29, 1.82) is 0 Å². The van der Waals surface area contributed by atoms with Crippen LogP contribution in [0.3, 0.4) is 0 Å². The average Bonchev–Trinajstić information content (AvgIpc) is 3.26. The molecule has 5 aliphatic rings. The van der Waals surface area contributed by atoms with Crippen LogP contribution in [0.1, 0.15) is 127 Å². The molecule has 0 radical (unpaired) electrons. The first kappa shape index (κ1) is 25.8. The minimum Gasteiger partial charge on any atom is -0.462 e. The molecule has 3 nitrogen and oxygen atoms in total. The quantitative estimate of drug-likeness (QED) is 0.246. The van der Waals surface area contributed by atoms with E-state index >= 15 is 0 Å². The number of hydrogen-bond donors (Lipinski definition) is 1. The molecule has 0 amide bonds. The summed E-state index contributed by atoms with van der Waals surface area (Å²) in [6.07, 6.45) is 12.9. The maximum absolute atomic E-state index is 11.8. The van der Waals surface area contributed by atoms with Crippen LogP contribution >= 0.6 is 0 Å². The molecule has 0 aromatic heterocycles. The predicted octanol–water partition coefficient (Wildman–Crippen LogP) is 7.83. The summed E-state index contributed by atoms with van der Waals surface area (Å²) in [5, 5.41) is 3.68. The van der Waals surface area contributed by atoms with Gasteiger partial charge in [0.1, 0.15) is 6.10 Å². The van der Waals surface area contributed by atoms with Crippen LogP contribution in [0.2, 0.25) is 0 Å². The van der Waals surface area contributed by atoms with Crippen molar-refractivity contribution in [2.45, 2.75) is 144 Å². The second kappa shape index (κ2) is 8.08. The van der Waals surface area contributed by atoms with Crippen LogP contribution in [0.15, 0.2) is 11.1 Å².